The van der Waals surface area contributed by atoms with Crippen LogP contribution >= 0.6 is 0 Å². The summed E-state index contributed by atoms with van der Waals surface area (Å²) in [7, 11) is 0. The predicted octanol–water partition coefficient (Wildman–Crippen LogP) is 0.207. The van der Waals surface area contributed by atoms with E-state index in [2.05, 4.69) is 0 Å². The van der Waals surface area contributed by atoms with Crippen LogP contribution in [0.3, 0.4) is 0 Å². The number of hydrogen-bond donors (Lipinski definition) is 1. The van der Waals surface area contributed by atoms with Crippen molar-refractivity contribution in [3.8, 4) is 0 Å². The topological polar surface area (TPSA) is 97.5 Å². The third-order valence-corrected chi connectivity index (χ3v) is 0.498. The van der Waals surface area contributed by atoms with Gasteiger partial charge in [-0.25, -0.2) is 0 Å². The van der Waals surface area contributed by atoms with E-state index >= 15 is 0 Å². The number of carbonyl (C=O) groups is 2. The molecule has 0 aromatic rings. The molecule has 0 saturated heterocycles. The van der Waals surface area contributed by atoms with Gasteiger partial charge in [0.1, 0.15) is 11.6 Å². The Morgan fingerprint density at radius 1 is 1.36 bits per heavy atom. The molecule has 0 amide bonds. The minimum Gasteiger partial charge on any atom is -0.328 e. The third-order valence-electron chi connectivity index (χ3n) is 0.498. The quantitative estimate of drug-likeness (QED) is 0.356. The van der Waals surface area contributed by atoms with Gasteiger partial charge < -0.3 is 5.21 Å². The Hall–Kier alpha value is -1.46. The Labute approximate surface area is 62.9 Å². The molecule has 0 aliphatic carbocycles. The molecule has 0 radical (unpaired) electrons. The molecular weight excluding hydrogens is 154 g/mol. The second-order valence-electron chi connectivity index (χ2n) is 1.82. The van der Waals surface area contributed by atoms with E-state index in [4.69, 9.17) is 15.3 Å². The molecule has 0 bridgehead atoms. The van der Waals surface area contributed by atoms with E-state index in [0.29, 0.717) is 0 Å². The van der Waals surface area contributed by atoms with Crippen molar-refractivity contribution in [3.63, 3.8) is 0 Å². The van der Waals surface area contributed by atoms with Crippen molar-refractivity contribution in [3.05, 3.63) is 10.1 Å². The molecule has 0 atom stereocenters. The third kappa shape index (κ3) is 56.6. The maximum absolute atomic E-state index is 10.0. The highest BCUT2D eigenvalue weighted by molar-refractivity contribution is 5.96. The van der Waals surface area contributed by atoms with Gasteiger partial charge in [0.15, 0.2) is 0 Å². The largest absolute Gasteiger partial charge is 0.328 e. The monoisotopic (exact) mass is 163 g/mol. The SMILES string of the molecule is CC(=O)CC(C)=O.O=[N+]([O-])O. The summed E-state index contributed by atoms with van der Waals surface area (Å²) >= 11 is 0. The average molecular weight is 163 g/mol. The van der Waals surface area contributed by atoms with Crippen LogP contribution in [0, 0.1) is 10.1 Å². The molecule has 0 aliphatic rings. The summed E-state index contributed by atoms with van der Waals surface area (Å²) in [6, 6.07) is 0. The second-order valence-corrected chi connectivity index (χ2v) is 1.82. The zero-order chi connectivity index (χ0) is 9.44. The van der Waals surface area contributed by atoms with Gasteiger partial charge in [0.05, 0.1) is 6.42 Å². The zero-order valence-corrected chi connectivity index (χ0v) is 6.23. The lowest BCUT2D eigenvalue weighted by molar-refractivity contribution is -0.742. The summed E-state index contributed by atoms with van der Waals surface area (Å²) in [5, 5.41) is 13.6. The first kappa shape index (κ1) is 12.2. The minimum absolute atomic E-state index is 0.0625. The lowest BCUT2D eigenvalue weighted by Crippen LogP contribution is -1.97. The maximum atomic E-state index is 10.0. The van der Waals surface area contributed by atoms with Gasteiger partial charge in [-0.05, 0) is 13.8 Å². The molecule has 6 heteroatoms. The highest BCUT2D eigenvalue weighted by Crippen LogP contribution is 1.80. The molecule has 0 aromatic heterocycles. The van der Waals surface area contributed by atoms with Crippen LogP contribution in [-0.2, 0) is 9.59 Å². The maximum Gasteiger partial charge on any atom is 0.291 e. The van der Waals surface area contributed by atoms with Gasteiger partial charge >= 0.3 is 0 Å². The van der Waals surface area contributed by atoms with Crippen molar-refractivity contribution in [1.82, 2.24) is 0 Å². The Balaban J connectivity index is 0. The van der Waals surface area contributed by atoms with Crippen LogP contribution in [0.25, 0.3) is 0 Å². The first-order valence-electron chi connectivity index (χ1n) is 2.68. The van der Waals surface area contributed by atoms with E-state index in [0.717, 1.165) is 0 Å². The molecule has 0 fully saturated rings. The Morgan fingerprint density at radius 2 is 1.55 bits per heavy atom. The van der Waals surface area contributed by atoms with E-state index in [9.17, 15) is 9.59 Å². The number of Topliss-reactive ketones (excluding diaryl/α,β-unsaturated/α-hetero) is 2. The van der Waals surface area contributed by atoms with Crippen molar-refractivity contribution in [1.29, 1.82) is 0 Å². The Bertz CT molecular complexity index is 148. The van der Waals surface area contributed by atoms with Crippen molar-refractivity contribution >= 4 is 11.6 Å². The lowest BCUT2D eigenvalue weighted by atomic mass is 10.2. The molecule has 11 heavy (non-hydrogen) atoms. The van der Waals surface area contributed by atoms with Crippen LogP contribution < -0.4 is 0 Å². The highest BCUT2D eigenvalue weighted by atomic mass is 16.9. The molecular formula is C5H9NO5. The van der Waals surface area contributed by atoms with Crippen LogP contribution in [-0.4, -0.2) is 21.9 Å². The van der Waals surface area contributed by atoms with Crippen LogP contribution in [0.4, 0.5) is 0 Å². The molecule has 6 nitrogen and oxygen atoms in total. The van der Waals surface area contributed by atoms with E-state index in [1.165, 1.54) is 13.8 Å². The summed E-state index contributed by atoms with van der Waals surface area (Å²) in [5.74, 6) is -0.125. The summed E-state index contributed by atoms with van der Waals surface area (Å²) in [4.78, 5) is 28.4. The fraction of sp³-hybridized carbons (Fsp3) is 0.600. The molecule has 64 valence electrons. The Kier molecular flexibility index (Phi) is 7.41. The molecule has 0 aromatic carbocycles. The molecule has 0 heterocycles. The van der Waals surface area contributed by atoms with Crippen molar-refractivity contribution in [2.75, 3.05) is 0 Å². The van der Waals surface area contributed by atoms with Gasteiger partial charge in [0.25, 0.3) is 5.09 Å². The van der Waals surface area contributed by atoms with E-state index in [1.807, 2.05) is 0 Å². The van der Waals surface area contributed by atoms with E-state index in [-0.39, 0.29) is 18.0 Å². The summed E-state index contributed by atoms with van der Waals surface area (Å²) in [5.41, 5.74) is 0. The van der Waals surface area contributed by atoms with Gasteiger partial charge in [-0.2, -0.15) is 0 Å². The van der Waals surface area contributed by atoms with E-state index < -0.39 is 5.09 Å². The number of carbonyl (C=O) groups excluding carboxylic acids is 2. The zero-order valence-electron chi connectivity index (χ0n) is 6.23. The standard InChI is InChI=1S/C5H8O2.HNO3/c1-4(6)3-5(2)7;2-1(3)4/h3H2,1-2H3;(H,2,3,4). The average Bonchev–Trinajstić information content (AvgIpc) is 1.56. The molecule has 0 rings (SSSR count). The molecule has 0 unspecified atom stereocenters. The highest BCUT2D eigenvalue weighted by Gasteiger charge is 1.94. The molecule has 0 aliphatic heterocycles. The smallest absolute Gasteiger partial charge is 0.291 e. The fourth-order valence-corrected chi connectivity index (χ4v) is 0.351. The first-order valence-corrected chi connectivity index (χ1v) is 2.68. The van der Waals surface area contributed by atoms with Gasteiger partial charge in [-0.1, -0.05) is 0 Å². The first-order chi connectivity index (χ1) is 4.86. The number of ketones is 2. The van der Waals surface area contributed by atoms with Crippen LogP contribution in [0.5, 0.6) is 0 Å². The Morgan fingerprint density at radius 3 is 1.55 bits per heavy atom. The van der Waals surface area contributed by atoms with E-state index in [1.54, 1.807) is 0 Å². The number of hydrogen-bond acceptors (Lipinski definition) is 4. The van der Waals surface area contributed by atoms with Gasteiger partial charge in [0.2, 0.25) is 0 Å². The fourth-order valence-electron chi connectivity index (χ4n) is 0.351. The predicted molar refractivity (Wildman–Crippen MR) is 34.8 cm³/mol. The van der Waals surface area contributed by atoms with Gasteiger partial charge in [-0.3, -0.25) is 9.59 Å². The second kappa shape index (κ2) is 6.66. The lowest BCUT2D eigenvalue weighted by Gasteiger charge is -1.81. The summed E-state index contributed by atoms with van der Waals surface area (Å²) < 4.78 is 0. The van der Waals surface area contributed by atoms with Crippen LogP contribution in [0.15, 0.2) is 0 Å². The van der Waals surface area contributed by atoms with Crippen LogP contribution in [0.1, 0.15) is 20.3 Å². The number of nitrogens with zero attached hydrogens (tertiary/aromatic N) is 1. The van der Waals surface area contributed by atoms with Crippen molar-refractivity contribution < 1.29 is 19.9 Å². The van der Waals surface area contributed by atoms with Gasteiger partial charge in [0, 0.05) is 0 Å². The minimum atomic E-state index is -1.50. The van der Waals surface area contributed by atoms with Crippen molar-refractivity contribution in [2.24, 2.45) is 0 Å². The van der Waals surface area contributed by atoms with Gasteiger partial charge in [-0.15, -0.1) is 10.1 Å². The molecule has 0 spiro atoms. The summed E-state index contributed by atoms with van der Waals surface area (Å²) in [6.45, 7) is 2.81. The number of rotatable bonds is 2. The molecule has 0 saturated carbocycles. The van der Waals surface area contributed by atoms with Crippen LogP contribution in [0.2, 0.25) is 0 Å². The summed E-state index contributed by atoms with van der Waals surface area (Å²) in [6.07, 6.45) is 0.0833. The normalized spacial score (nSPS) is 7.45. The van der Waals surface area contributed by atoms with Crippen molar-refractivity contribution in [2.45, 2.75) is 20.3 Å². The molecule has 1 N–H and O–H groups in total.